The Labute approximate surface area is 124 Å². The van der Waals surface area contributed by atoms with Crippen LogP contribution in [-0.2, 0) is 4.79 Å². The first-order valence-corrected chi connectivity index (χ1v) is 7.13. The number of carbonyl (C=O) groups excluding carboxylic acids is 1. The molecule has 1 aromatic carbocycles. The number of aliphatic carboxylic acids is 1. The minimum absolute atomic E-state index is 0.342. The second kappa shape index (κ2) is 5.92. The number of halogens is 2. The molecule has 0 aliphatic heterocycles. The van der Waals surface area contributed by atoms with Gasteiger partial charge in [0.1, 0.15) is 6.04 Å². The lowest BCUT2D eigenvalue weighted by molar-refractivity contribution is -0.139. The number of amides is 1. The lowest BCUT2D eigenvalue weighted by Gasteiger charge is -2.14. The van der Waals surface area contributed by atoms with Crippen molar-refractivity contribution in [1.29, 1.82) is 0 Å². The number of carboxylic acid groups (broad SMARTS) is 1. The summed E-state index contributed by atoms with van der Waals surface area (Å²) in [5.74, 6) is -1.01. The smallest absolute Gasteiger partial charge is 0.326 e. The van der Waals surface area contributed by atoms with Crippen LogP contribution in [0.2, 0.25) is 5.02 Å². The Bertz CT molecular complexity index is 517. The lowest BCUT2D eigenvalue weighted by Crippen LogP contribution is -2.41. The van der Waals surface area contributed by atoms with Gasteiger partial charge in [0.2, 0.25) is 0 Å². The zero-order valence-electron chi connectivity index (χ0n) is 10.0. The van der Waals surface area contributed by atoms with Crippen molar-refractivity contribution < 1.29 is 14.7 Å². The molecule has 0 aromatic heterocycles. The molecule has 6 heteroatoms. The molecule has 0 bridgehead atoms. The van der Waals surface area contributed by atoms with Crippen molar-refractivity contribution in [3.63, 3.8) is 0 Å². The minimum atomic E-state index is -1.00. The van der Waals surface area contributed by atoms with E-state index in [1.165, 1.54) is 6.07 Å². The quantitative estimate of drug-likeness (QED) is 0.861. The molecular formula is C13H13BrClNO3. The molecular weight excluding hydrogens is 334 g/mol. The van der Waals surface area contributed by atoms with Crippen molar-refractivity contribution in [3.05, 3.63) is 33.3 Å². The van der Waals surface area contributed by atoms with Crippen LogP contribution in [0, 0.1) is 5.92 Å². The van der Waals surface area contributed by atoms with Crippen LogP contribution in [0.4, 0.5) is 0 Å². The van der Waals surface area contributed by atoms with Gasteiger partial charge in [-0.15, -0.1) is 0 Å². The van der Waals surface area contributed by atoms with Gasteiger partial charge in [0, 0.05) is 9.50 Å². The molecule has 1 aliphatic rings. The van der Waals surface area contributed by atoms with Crippen LogP contribution in [0.25, 0.3) is 0 Å². The second-order valence-corrected chi connectivity index (χ2v) is 5.96. The van der Waals surface area contributed by atoms with E-state index >= 15 is 0 Å². The maximum Gasteiger partial charge on any atom is 0.326 e. The summed E-state index contributed by atoms with van der Waals surface area (Å²) >= 11 is 9.09. The normalized spacial score (nSPS) is 15.9. The maximum absolute atomic E-state index is 12.1. The van der Waals surface area contributed by atoms with E-state index in [0.29, 0.717) is 27.4 Å². The Hall–Kier alpha value is -1.07. The van der Waals surface area contributed by atoms with Gasteiger partial charge >= 0.3 is 5.97 Å². The predicted molar refractivity (Wildman–Crippen MR) is 75.4 cm³/mol. The van der Waals surface area contributed by atoms with Gasteiger partial charge in [0.25, 0.3) is 5.91 Å². The molecule has 1 fully saturated rings. The topological polar surface area (TPSA) is 66.4 Å². The Kier molecular flexibility index (Phi) is 4.47. The largest absolute Gasteiger partial charge is 0.480 e. The predicted octanol–water partition coefficient (Wildman–Crippen LogP) is 3.09. The molecule has 0 heterocycles. The number of rotatable bonds is 5. The monoisotopic (exact) mass is 345 g/mol. The van der Waals surface area contributed by atoms with Gasteiger partial charge < -0.3 is 10.4 Å². The van der Waals surface area contributed by atoms with Crippen LogP contribution < -0.4 is 5.32 Å². The fraction of sp³-hybridized carbons (Fsp3) is 0.385. The lowest BCUT2D eigenvalue weighted by atomic mass is 10.1. The third kappa shape index (κ3) is 3.94. The average Bonchev–Trinajstić information content (AvgIpc) is 3.15. The highest BCUT2D eigenvalue weighted by atomic mass is 79.9. The van der Waals surface area contributed by atoms with E-state index in [1.807, 2.05) is 0 Å². The first-order chi connectivity index (χ1) is 8.97. The minimum Gasteiger partial charge on any atom is -0.480 e. The van der Waals surface area contributed by atoms with Crippen LogP contribution in [0.15, 0.2) is 22.7 Å². The van der Waals surface area contributed by atoms with Gasteiger partial charge in [0.05, 0.1) is 5.56 Å². The summed E-state index contributed by atoms with van der Waals surface area (Å²) in [6, 6.07) is 3.98. The number of nitrogens with one attached hydrogen (secondary N) is 1. The highest BCUT2D eigenvalue weighted by Gasteiger charge is 2.30. The first-order valence-electron chi connectivity index (χ1n) is 5.96. The van der Waals surface area contributed by atoms with E-state index in [-0.39, 0.29) is 0 Å². The van der Waals surface area contributed by atoms with E-state index in [0.717, 1.165) is 12.8 Å². The highest BCUT2D eigenvalue weighted by Crippen LogP contribution is 2.33. The van der Waals surface area contributed by atoms with Crippen molar-refractivity contribution in [2.24, 2.45) is 5.92 Å². The van der Waals surface area contributed by atoms with Crippen LogP contribution in [0.3, 0.4) is 0 Å². The molecule has 1 saturated carbocycles. The summed E-state index contributed by atoms with van der Waals surface area (Å²) < 4.78 is 0.588. The van der Waals surface area contributed by atoms with Crippen LogP contribution >= 0.6 is 27.5 Å². The van der Waals surface area contributed by atoms with Crippen LogP contribution in [-0.4, -0.2) is 23.0 Å². The molecule has 1 aromatic rings. The van der Waals surface area contributed by atoms with E-state index < -0.39 is 17.9 Å². The van der Waals surface area contributed by atoms with Crippen molar-refractivity contribution in [3.8, 4) is 0 Å². The number of carbonyl (C=O) groups is 2. The number of carboxylic acids is 1. The Balaban J connectivity index is 2.09. The molecule has 0 radical (unpaired) electrons. The summed E-state index contributed by atoms with van der Waals surface area (Å²) in [5.41, 5.74) is 0.342. The molecule has 1 atom stereocenters. The second-order valence-electron chi connectivity index (χ2n) is 4.67. The number of benzene rings is 1. The van der Waals surface area contributed by atoms with Crippen LogP contribution in [0.1, 0.15) is 29.6 Å². The van der Waals surface area contributed by atoms with Crippen molar-refractivity contribution in [2.45, 2.75) is 25.3 Å². The Morgan fingerprint density at radius 2 is 2.16 bits per heavy atom. The molecule has 2 rings (SSSR count). The fourth-order valence-electron chi connectivity index (χ4n) is 1.82. The Morgan fingerprint density at radius 3 is 2.74 bits per heavy atom. The zero-order valence-corrected chi connectivity index (χ0v) is 12.4. The summed E-state index contributed by atoms with van der Waals surface area (Å²) in [6.07, 6.45) is 2.57. The fourth-order valence-corrected chi connectivity index (χ4v) is 2.41. The van der Waals surface area contributed by atoms with Gasteiger partial charge in [-0.3, -0.25) is 4.79 Å². The van der Waals surface area contributed by atoms with Gasteiger partial charge in [-0.25, -0.2) is 4.79 Å². The molecule has 0 saturated heterocycles. The molecule has 19 heavy (non-hydrogen) atoms. The van der Waals surface area contributed by atoms with Crippen molar-refractivity contribution in [2.75, 3.05) is 0 Å². The number of hydrogen-bond donors (Lipinski definition) is 2. The maximum atomic E-state index is 12.1. The van der Waals surface area contributed by atoms with Gasteiger partial charge in [-0.1, -0.05) is 24.4 Å². The summed E-state index contributed by atoms with van der Waals surface area (Å²) in [7, 11) is 0. The van der Waals surface area contributed by atoms with Crippen molar-refractivity contribution >= 4 is 39.4 Å². The molecule has 4 nitrogen and oxygen atoms in total. The SMILES string of the molecule is O=C(NC(CC1CC1)C(=O)O)c1cc(Cl)ccc1Br. The molecule has 0 spiro atoms. The standard InChI is InChI=1S/C13H13BrClNO3/c14-10-4-3-8(15)6-9(10)12(17)16-11(13(18)19)5-7-1-2-7/h3-4,6-7,11H,1-2,5H2,(H,16,17)(H,18,19). The molecule has 1 unspecified atom stereocenters. The van der Waals surface area contributed by atoms with E-state index in [4.69, 9.17) is 16.7 Å². The van der Waals surface area contributed by atoms with E-state index in [9.17, 15) is 9.59 Å². The van der Waals surface area contributed by atoms with Crippen LogP contribution in [0.5, 0.6) is 0 Å². The molecule has 1 aliphatic carbocycles. The van der Waals surface area contributed by atoms with E-state index in [1.54, 1.807) is 12.1 Å². The summed E-state index contributed by atoms with van der Waals surface area (Å²) in [6.45, 7) is 0. The third-order valence-corrected chi connectivity index (χ3v) is 3.97. The van der Waals surface area contributed by atoms with Crippen molar-refractivity contribution in [1.82, 2.24) is 5.32 Å². The highest BCUT2D eigenvalue weighted by molar-refractivity contribution is 9.10. The molecule has 1 amide bonds. The molecule has 102 valence electrons. The number of hydrogen-bond acceptors (Lipinski definition) is 2. The van der Waals surface area contributed by atoms with Gasteiger partial charge in [-0.05, 0) is 46.5 Å². The average molecular weight is 347 g/mol. The molecule has 2 N–H and O–H groups in total. The van der Waals surface area contributed by atoms with Gasteiger partial charge in [-0.2, -0.15) is 0 Å². The van der Waals surface area contributed by atoms with Gasteiger partial charge in [0.15, 0.2) is 0 Å². The van der Waals surface area contributed by atoms with E-state index in [2.05, 4.69) is 21.2 Å². The summed E-state index contributed by atoms with van der Waals surface area (Å²) in [4.78, 5) is 23.2. The first kappa shape index (κ1) is 14.3. The third-order valence-electron chi connectivity index (χ3n) is 3.04. The Morgan fingerprint density at radius 1 is 1.47 bits per heavy atom. The zero-order chi connectivity index (χ0) is 14.0. The summed E-state index contributed by atoms with van der Waals surface area (Å²) in [5, 5.41) is 12.1.